The maximum atomic E-state index is 12.4. The maximum Gasteiger partial charge on any atom is 0.377 e. The van der Waals surface area contributed by atoms with Crippen LogP contribution in [0.5, 0.6) is 17.2 Å². The van der Waals surface area contributed by atoms with E-state index in [0.29, 0.717) is 68.5 Å². The quantitative estimate of drug-likeness (QED) is 0.0380. The van der Waals surface area contributed by atoms with Crippen molar-refractivity contribution in [3.8, 4) is 17.2 Å². The monoisotopic (exact) mass is 1240 g/mol. The Labute approximate surface area is 514 Å². The Kier molecular flexibility index (Phi) is 35.9. The van der Waals surface area contributed by atoms with Gasteiger partial charge in [0.2, 0.25) is 0 Å². The second-order valence-electron chi connectivity index (χ2n) is 21.8. The lowest BCUT2D eigenvalue weighted by atomic mass is 9.82. The van der Waals surface area contributed by atoms with E-state index < -0.39 is 81.3 Å². The summed E-state index contributed by atoms with van der Waals surface area (Å²) in [5, 5.41) is 30.7. The molecule has 3 atom stereocenters. The molecule has 3 heterocycles. The molecule has 3 aliphatic rings. The highest BCUT2D eigenvalue weighted by Gasteiger charge is 2.36. The van der Waals surface area contributed by atoms with Crippen LogP contribution in [0.1, 0.15) is 152 Å². The molecule has 20 nitrogen and oxygen atoms in total. The summed E-state index contributed by atoms with van der Waals surface area (Å²) in [7, 11) is -1.53. The lowest BCUT2D eigenvalue weighted by molar-refractivity contribution is -0.160. The van der Waals surface area contributed by atoms with Gasteiger partial charge in [-0.15, -0.1) is 36.4 Å². The van der Waals surface area contributed by atoms with Gasteiger partial charge >= 0.3 is 49.9 Å². The average Bonchev–Trinajstić information content (AvgIpc) is 3.66. The summed E-state index contributed by atoms with van der Waals surface area (Å²) in [6.07, 6.45) is 0. The Morgan fingerprint density at radius 1 is 0.536 bits per heavy atom. The molecular formula is C59H90B2Cl3N3O17. The van der Waals surface area contributed by atoms with Gasteiger partial charge in [-0.05, 0) is 82.5 Å². The van der Waals surface area contributed by atoms with E-state index in [4.69, 9.17) is 54.6 Å². The van der Waals surface area contributed by atoms with Gasteiger partial charge < -0.3 is 68.0 Å². The molecule has 0 radical (unpaired) electrons. The second kappa shape index (κ2) is 39.1. The molecular weight excluding hydrogens is 1150 g/mol. The highest BCUT2D eigenvalue weighted by Crippen LogP contribution is 2.37. The van der Waals surface area contributed by atoms with Gasteiger partial charge in [0.25, 0.3) is 0 Å². The molecule has 470 valence electrons. The van der Waals surface area contributed by atoms with Crippen LogP contribution in [0.2, 0.25) is 13.6 Å². The first-order chi connectivity index (χ1) is 38.7. The van der Waals surface area contributed by atoms with Crippen LogP contribution in [0.3, 0.4) is 0 Å². The topological polar surface area (TPSA) is 255 Å². The molecule has 4 N–H and O–H groups in total. The zero-order chi connectivity index (χ0) is 61.4. The molecule has 84 heavy (non-hydrogen) atoms. The van der Waals surface area contributed by atoms with E-state index in [0.717, 1.165) is 33.4 Å². The molecule has 3 aliphatic heterocycles. The number of para-hydroxylation sites is 3. The number of hydrogen-bond acceptors (Lipinski definition) is 19. The van der Waals surface area contributed by atoms with Crippen molar-refractivity contribution >= 4 is 86.3 Å². The van der Waals surface area contributed by atoms with Gasteiger partial charge in [-0.2, -0.15) is 0 Å². The number of carbonyl (C=O) groups is 6. The van der Waals surface area contributed by atoms with Crippen molar-refractivity contribution in [3.63, 3.8) is 0 Å². The maximum absolute atomic E-state index is 12.4. The van der Waals surface area contributed by atoms with E-state index in [9.17, 15) is 38.8 Å². The van der Waals surface area contributed by atoms with Crippen LogP contribution >= 0.6 is 36.4 Å². The summed E-state index contributed by atoms with van der Waals surface area (Å²) in [6, 6.07) is 15.7. The highest BCUT2D eigenvalue weighted by atomic mass is 35.5. The average molecular weight is 1240 g/mol. The Morgan fingerprint density at radius 2 is 0.857 bits per heavy atom. The van der Waals surface area contributed by atoms with E-state index in [1.807, 2.05) is 110 Å². The van der Waals surface area contributed by atoms with E-state index in [1.165, 1.54) is 4.81 Å². The first-order valence-electron chi connectivity index (χ1n) is 28.2. The van der Waals surface area contributed by atoms with Crippen LogP contribution in [-0.2, 0) is 52.5 Å². The first-order valence-corrected chi connectivity index (χ1v) is 28.7. The van der Waals surface area contributed by atoms with Crippen LogP contribution in [-0.4, -0.2) is 171 Å². The van der Waals surface area contributed by atoms with Crippen LogP contribution in [0.25, 0.3) is 0 Å². The van der Waals surface area contributed by atoms with Crippen LogP contribution < -0.4 is 19.5 Å². The number of nitrogens with zero attached hydrogens (tertiary/aromatic N) is 2. The van der Waals surface area contributed by atoms with Gasteiger partial charge in [-0.3, -0.25) is 19.2 Å². The van der Waals surface area contributed by atoms with Crippen molar-refractivity contribution in [1.29, 1.82) is 0 Å². The molecule has 6 rings (SSSR count). The minimum Gasteiger partial charge on any atom is -0.480 e. The SMILES string of the molecule is CB(O)N1CCOCC1C(=O)O.CB(O)N1CCOCC1C(=O)OCC(=O)Oc1c(C(C)C)cccc1C(C)C.CC(C)c1cccc(C(C)C)c1OC(=O)CCl.CC(C)c1cccc(C(C)C)c1OC(=O)COC(=O)C1COCCN1.Cl.Cl. The lowest BCUT2D eigenvalue weighted by Crippen LogP contribution is -2.56. The lowest BCUT2D eigenvalue weighted by Gasteiger charge is -2.34. The van der Waals surface area contributed by atoms with Gasteiger partial charge in [0, 0.05) is 19.6 Å². The predicted octanol–water partition coefficient (Wildman–Crippen LogP) is 8.37. The third kappa shape index (κ3) is 24.5. The molecule has 3 unspecified atom stereocenters. The van der Waals surface area contributed by atoms with Gasteiger partial charge in [0.05, 0.1) is 39.6 Å². The Balaban J connectivity index is 0.000000579. The van der Waals surface area contributed by atoms with E-state index in [1.54, 1.807) is 18.5 Å². The van der Waals surface area contributed by atoms with Crippen molar-refractivity contribution in [1.82, 2.24) is 14.9 Å². The number of alkyl halides is 1. The highest BCUT2D eigenvalue weighted by molar-refractivity contribution is 6.46. The van der Waals surface area contributed by atoms with Gasteiger partial charge in [0.1, 0.15) is 41.3 Å². The fraction of sp³-hybridized carbons (Fsp3) is 0.593. The predicted molar refractivity (Wildman–Crippen MR) is 328 cm³/mol. The summed E-state index contributed by atoms with van der Waals surface area (Å²) in [5.74, 6) is -0.581. The van der Waals surface area contributed by atoms with Crippen molar-refractivity contribution in [2.75, 3.05) is 78.4 Å². The summed E-state index contributed by atoms with van der Waals surface area (Å²) in [6.45, 7) is 30.3. The molecule has 3 aromatic carbocycles. The van der Waals surface area contributed by atoms with Gasteiger partial charge in [0.15, 0.2) is 13.2 Å². The Morgan fingerprint density at radius 3 is 1.15 bits per heavy atom. The molecule has 3 fully saturated rings. The van der Waals surface area contributed by atoms with Gasteiger partial charge in [-0.1, -0.05) is 138 Å². The number of carboxylic acids is 1. The molecule has 0 spiro atoms. The minimum atomic E-state index is -0.949. The number of halogens is 3. The molecule has 0 aliphatic carbocycles. The smallest absolute Gasteiger partial charge is 0.377 e. The zero-order valence-electron chi connectivity index (χ0n) is 51.2. The summed E-state index contributed by atoms with van der Waals surface area (Å²) >= 11 is 5.49. The number of carboxylic acid groups (broad SMARTS) is 1. The Hall–Kier alpha value is -4.84. The fourth-order valence-corrected chi connectivity index (χ4v) is 9.00. The van der Waals surface area contributed by atoms with Crippen molar-refractivity contribution in [3.05, 3.63) is 88.0 Å². The molecule has 3 aromatic rings. The van der Waals surface area contributed by atoms with Crippen LogP contribution in [0, 0.1) is 0 Å². The zero-order valence-corrected chi connectivity index (χ0v) is 53.6. The molecule has 3 saturated heterocycles. The van der Waals surface area contributed by atoms with Gasteiger partial charge in [-0.25, -0.2) is 9.59 Å². The Bertz CT molecular complexity index is 2450. The number of hydrogen-bond donors (Lipinski definition) is 4. The van der Waals surface area contributed by atoms with E-state index in [2.05, 4.69) is 33.0 Å². The standard InChI is InChI=1S/C20H30BNO6.C19H27NO5.C14H19ClO2.C6H12BNO4.2ClH/c1-13(2)15-7-6-8-16(14(3)4)19(15)28-18(23)12-27-20(24)17-11-26-10-9-22(17)21(5)25;1-12(2)14-6-5-7-15(13(3)4)18(14)25-17(21)11-24-19(22)16-10-23-9-8-20-16;1-9(2)11-6-5-7-12(10(3)4)14(11)17-13(16)8-15;1-7(11)8-2-3-12-4-5(8)6(9)10;;/h6-8,13-14,17,25H,9-12H2,1-5H3;5-7,12-13,16,20H,8-11H2,1-4H3;5-7,9-10H,8H2,1-4H3;5,11H,2-4H2,1H3,(H,9,10);2*1H. The number of benzene rings is 3. The largest absolute Gasteiger partial charge is 0.480 e. The van der Waals surface area contributed by atoms with E-state index in [-0.39, 0.29) is 74.2 Å². The normalized spacial score (nSPS) is 17.0. The molecule has 25 heteroatoms. The van der Waals surface area contributed by atoms with E-state index >= 15 is 0 Å². The number of aliphatic carboxylic acids is 1. The number of nitrogens with one attached hydrogen (secondary N) is 1. The third-order valence-electron chi connectivity index (χ3n) is 13.4. The minimum absolute atomic E-state index is 0. The fourth-order valence-electron chi connectivity index (χ4n) is 8.95. The van der Waals surface area contributed by atoms with Crippen molar-refractivity contribution < 1.29 is 81.8 Å². The molecule has 0 aromatic heterocycles. The molecule has 0 amide bonds. The number of carbonyl (C=O) groups excluding carboxylic acids is 5. The number of rotatable bonds is 19. The summed E-state index contributed by atoms with van der Waals surface area (Å²) in [5.41, 5.74) is 5.91. The second-order valence-corrected chi connectivity index (χ2v) is 22.1. The molecule has 0 saturated carbocycles. The summed E-state index contributed by atoms with van der Waals surface area (Å²) in [4.78, 5) is 74.0. The van der Waals surface area contributed by atoms with Crippen LogP contribution in [0.4, 0.5) is 0 Å². The third-order valence-corrected chi connectivity index (χ3v) is 13.7. The molecule has 0 bridgehead atoms. The number of ether oxygens (including phenoxy) is 8. The number of morpholine rings is 3. The first kappa shape index (κ1) is 77.2. The van der Waals surface area contributed by atoms with Crippen molar-refractivity contribution in [2.24, 2.45) is 0 Å². The van der Waals surface area contributed by atoms with Crippen LogP contribution in [0.15, 0.2) is 54.6 Å². The summed E-state index contributed by atoms with van der Waals surface area (Å²) < 4.78 is 42.3. The number of esters is 5. The van der Waals surface area contributed by atoms with Crippen molar-refractivity contribution in [2.45, 2.75) is 150 Å².